The predicted molar refractivity (Wildman–Crippen MR) is 39.7 cm³/mol. The molecule has 0 heterocycles. The Hall–Kier alpha value is -0.510. The molecule has 0 fully saturated rings. The van der Waals surface area contributed by atoms with Gasteiger partial charge in [0.1, 0.15) is 5.92 Å². The van der Waals surface area contributed by atoms with E-state index in [1.807, 2.05) is 0 Å². The van der Waals surface area contributed by atoms with E-state index in [0.29, 0.717) is 0 Å². The van der Waals surface area contributed by atoms with Gasteiger partial charge in [0.05, 0.1) is 7.11 Å². The first-order valence-corrected chi connectivity index (χ1v) is 4.01. The fraction of sp³-hybridized carbons (Fsp3) is 0.667. The molecule has 3 nitrogen and oxygen atoms in total. The monoisotopic (exact) mass is 162 g/mol. The first kappa shape index (κ1) is 9.49. The number of rotatable bonds is 2. The van der Waals surface area contributed by atoms with Gasteiger partial charge in [0.2, 0.25) is 5.12 Å². The summed E-state index contributed by atoms with van der Waals surface area (Å²) in [6.07, 6.45) is 1.64. The summed E-state index contributed by atoms with van der Waals surface area (Å²) in [6.45, 7) is 1.53. The summed E-state index contributed by atoms with van der Waals surface area (Å²) in [6, 6.07) is 0. The number of esters is 1. The molecule has 0 aliphatic heterocycles. The van der Waals surface area contributed by atoms with E-state index >= 15 is 0 Å². The summed E-state index contributed by atoms with van der Waals surface area (Å²) in [5.41, 5.74) is 0. The van der Waals surface area contributed by atoms with E-state index in [4.69, 9.17) is 0 Å². The van der Waals surface area contributed by atoms with Crippen molar-refractivity contribution in [3.8, 4) is 0 Å². The molecule has 0 radical (unpaired) electrons. The molecule has 0 saturated heterocycles. The summed E-state index contributed by atoms with van der Waals surface area (Å²) in [5.74, 6) is -1.11. The molecule has 0 N–H and O–H groups in total. The number of hydrogen-bond acceptors (Lipinski definition) is 4. The second kappa shape index (κ2) is 4.33. The van der Waals surface area contributed by atoms with E-state index in [1.54, 1.807) is 6.26 Å². The first-order chi connectivity index (χ1) is 4.63. The molecular weight excluding hydrogens is 152 g/mol. The van der Waals surface area contributed by atoms with Gasteiger partial charge in [0.25, 0.3) is 0 Å². The first-order valence-electron chi connectivity index (χ1n) is 2.79. The molecule has 1 unspecified atom stereocenters. The zero-order valence-corrected chi connectivity index (χ0v) is 7.03. The molecule has 0 saturated carbocycles. The lowest BCUT2D eigenvalue weighted by Crippen LogP contribution is -2.19. The number of methoxy groups -OCH3 is 1. The molecule has 0 aromatic carbocycles. The molecule has 0 spiro atoms. The topological polar surface area (TPSA) is 43.4 Å². The lowest BCUT2D eigenvalue weighted by molar-refractivity contribution is -0.146. The molecule has 0 aliphatic carbocycles. The van der Waals surface area contributed by atoms with E-state index in [-0.39, 0.29) is 5.12 Å². The zero-order valence-electron chi connectivity index (χ0n) is 6.21. The van der Waals surface area contributed by atoms with Crippen LogP contribution in [0.5, 0.6) is 0 Å². The Balaban J connectivity index is 3.94. The maximum absolute atomic E-state index is 10.8. The summed E-state index contributed by atoms with van der Waals surface area (Å²) >= 11 is 1.04. The second-order valence-electron chi connectivity index (χ2n) is 1.77. The maximum Gasteiger partial charge on any atom is 0.316 e. The molecule has 0 aromatic rings. The van der Waals surface area contributed by atoms with Crippen molar-refractivity contribution >= 4 is 22.8 Å². The van der Waals surface area contributed by atoms with E-state index in [9.17, 15) is 9.59 Å². The van der Waals surface area contributed by atoms with Gasteiger partial charge in [0, 0.05) is 0 Å². The van der Waals surface area contributed by atoms with Gasteiger partial charge in [-0.25, -0.2) is 0 Å². The Kier molecular flexibility index (Phi) is 4.11. The fourth-order valence-electron chi connectivity index (χ4n) is 0.450. The number of carbonyl (C=O) groups is 2. The molecule has 0 bridgehead atoms. The summed E-state index contributed by atoms with van der Waals surface area (Å²) in [4.78, 5) is 21.4. The number of carbonyl (C=O) groups excluding carboxylic acids is 2. The van der Waals surface area contributed by atoms with Crippen molar-refractivity contribution in [1.29, 1.82) is 0 Å². The van der Waals surface area contributed by atoms with Crippen LogP contribution in [0, 0.1) is 5.92 Å². The highest BCUT2D eigenvalue weighted by Crippen LogP contribution is 2.08. The third-order valence-corrected chi connectivity index (χ3v) is 1.87. The molecule has 0 rings (SSSR count). The Bertz CT molecular complexity index is 128. The van der Waals surface area contributed by atoms with Crippen LogP contribution in [-0.4, -0.2) is 24.5 Å². The van der Waals surface area contributed by atoms with Crippen LogP contribution in [0.3, 0.4) is 0 Å². The van der Waals surface area contributed by atoms with Gasteiger partial charge in [-0.2, -0.15) is 0 Å². The van der Waals surface area contributed by atoms with Crippen molar-refractivity contribution in [1.82, 2.24) is 0 Å². The standard InChI is InChI=1S/C6H10O3S/c1-4(5(7)9-2)6(8)10-3/h4H,1-3H3. The predicted octanol–water partition coefficient (Wildman–Crippen LogP) is 0.685. The van der Waals surface area contributed by atoms with E-state index < -0.39 is 11.9 Å². The molecule has 1 atom stereocenters. The van der Waals surface area contributed by atoms with Crippen LogP contribution in [-0.2, 0) is 14.3 Å². The van der Waals surface area contributed by atoms with Crippen LogP contribution >= 0.6 is 11.8 Å². The highest BCUT2D eigenvalue weighted by atomic mass is 32.2. The average molecular weight is 162 g/mol. The molecule has 10 heavy (non-hydrogen) atoms. The number of thioether (sulfide) groups is 1. The second-order valence-corrected chi connectivity index (χ2v) is 2.58. The Morgan fingerprint density at radius 3 is 2.30 bits per heavy atom. The lowest BCUT2D eigenvalue weighted by atomic mass is 10.2. The minimum absolute atomic E-state index is 0.160. The summed E-state index contributed by atoms with van der Waals surface area (Å²) in [7, 11) is 1.27. The SMILES string of the molecule is COC(=O)C(C)C(=O)SC. The van der Waals surface area contributed by atoms with Crippen LogP contribution in [0.4, 0.5) is 0 Å². The Labute approximate surface area is 64.1 Å². The van der Waals surface area contributed by atoms with Crippen molar-refractivity contribution < 1.29 is 14.3 Å². The molecule has 0 amide bonds. The van der Waals surface area contributed by atoms with E-state index in [1.165, 1.54) is 14.0 Å². The normalized spacial score (nSPS) is 12.3. The quantitative estimate of drug-likeness (QED) is 0.442. The average Bonchev–Trinajstić information content (AvgIpc) is 2.00. The maximum atomic E-state index is 10.8. The number of ether oxygens (including phenoxy) is 1. The minimum atomic E-state index is -0.639. The van der Waals surface area contributed by atoms with Crippen LogP contribution in [0.15, 0.2) is 0 Å². The van der Waals surface area contributed by atoms with Gasteiger partial charge < -0.3 is 4.74 Å². The Morgan fingerprint density at radius 1 is 1.50 bits per heavy atom. The van der Waals surface area contributed by atoms with Crippen LogP contribution < -0.4 is 0 Å². The smallest absolute Gasteiger partial charge is 0.316 e. The Morgan fingerprint density at radius 2 is 2.00 bits per heavy atom. The molecule has 0 aliphatic rings. The third kappa shape index (κ3) is 2.39. The van der Waals surface area contributed by atoms with Crippen molar-refractivity contribution in [3.63, 3.8) is 0 Å². The van der Waals surface area contributed by atoms with E-state index in [2.05, 4.69) is 4.74 Å². The fourth-order valence-corrected chi connectivity index (χ4v) is 0.900. The van der Waals surface area contributed by atoms with Crippen molar-refractivity contribution in [3.05, 3.63) is 0 Å². The molecule has 58 valence electrons. The number of hydrogen-bond donors (Lipinski definition) is 0. The van der Waals surface area contributed by atoms with Gasteiger partial charge in [-0.1, -0.05) is 11.8 Å². The highest BCUT2D eigenvalue weighted by Gasteiger charge is 2.20. The van der Waals surface area contributed by atoms with Gasteiger partial charge in [-0.05, 0) is 13.2 Å². The summed E-state index contributed by atoms with van der Waals surface area (Å²) in [5, 5.41) is -0.160. The van der Waals surface area contributed by atoms with Crippen molar-refractivity contribution in [2.75, 3.05) is 13.4 Å². The van der Waals surface area contributed by atoms with Crippen molar-refractivity contribution in [2.24, 2.45) is 5.92 Å². The van der Waals surface area contributed by atoms with Crippen LogP contribution in [0.25, 0.3) is 0 Å². The largest absolute Gasteiger partial charge is 0.468 e. The van der Waals surface area contributed by atoms with Gasteiger partial charge in [-0.15, -0.1) is 0 Å². The lowest BCUT2D eigenvalue weighted by Gasteiger charge is -2.03. The minimum Gasteiger partial charge on any atom is -0.468 e. The van der Waals surface area contributed by atoms with Crippen molar-refractivity contribution in [2.45, 2.75) is 6.92 Å². The zero-order chi connectivity index (χ0) is 8.15. The van der Waals surface area contributed by atoms with Gasteiger partial charge >= 0.3 is 5.97 Å². The summed E-state index contributed by atoms with van der Waals surface area (Å²) < 4.78 is 4.36. The van der Waals surface area contributed by atoms with Crippen LogP contribution in [0.1, 0.15) is 6.92 Å². The van der Waals surface area contributed by atoms with E-state index in [0.717, 1.165) is 11.8 Å². The third-order valence-electron chi connectivity index (χ3n) is 1.11. The van der Waals surface area contributed by atoms with Gasteiger partial charge in [-0.3, -0.25) is 9.59 Å². The highest BCUT2D eigenvalue weighted by molar-refractivity contribution is 8.13. The van der Waals surface area contributed by atoms with Gasteiger partial charge in [0.15, 0.2) is 0 Å². The molecule has 4 heteroatoms. The molecular formula is C6H10O3S. The molecule has 0 aromatic heterocycles. The van der Waals surface area contributed by atoms with Crippen LogP contribution in [0.2, 0.25) is 0 Å².